The third-order valence-corrected chi connectivity index (χ3v) is 4.57. The zero-order valence-corrected chi connectivity index (χ0v) is 14.5. The Bertz CT molecular complexity index is 983. The fourth-order valence-corrected chi connectivity index (χ4v) is 3.13. The van der Waals surface area contributed by atoms with Crippen LogP contribution in [0.4, 0.5) is 17.6 Å². The maximum atomic E-state index is 13.4. The van der Waals surface area contributed by atoms with Crippen LogP contribution >= 0.6 is 0 Å². The van der Waals surface area contributed by atoms with Gasteiger partial charge in [-0.1, -0.05) is 18.2 Å². The van der Waals surface area contributed by atoms with E-state index in [-0.39, 0.29) is 11.3 Å². The van der Waals surface area contributed by atoms with Crippen molar-refractivity contribution >= 4 is 11.8 Å². The number of benzene rings is 1. The summed E-state index contributed by atoms with van der Waals surface area (Å²) < 4.78 is 51.7. The molecule has 2 heterocycles. The summed E-state index contributed by atoms with van der Waals surface area (Å²) in [6.07, 6.45) is -4.50. The summed E-state index contributed by atoms with van der Waals surface area (Å²) >= 11 is 0. The summed E-state index contributed by atoms with van der Waals surface area (Å²) in [7, 11) is 1.46. The smallest absolute Gasteiger partial charge is 0.416 e. The first-order chi connectivity index (χ1) is 13.1. The number of aromatic nitrogens is 1. The molecule has 0 radical (unpaired) electrons. The Morgan fingerprint density at radius 3 is 2.43 bits per heavy atom. The molecule has 1 aromatic carbocycles. The number of nitrogens with zero attached hydrogens (tertiary/aromatic N) is 3. The van der Waals surface area contributed by atoms with E-state index < -0.39 is 46.8 Å². The summed E-state index contributed by atoms with van der Waals surface area (Å²) in [4.78, 5) is 29.9. The predicted molar refractivity (Wildman–Crippen MR) is 87.5 cm³/mol. The number of halogens is 4. The molecule has 0 unspecified atom stereocenters. The largest absolute Gasteiger partial charge is 0.424 e. The molecule has 1 aliphatic heterocycles. The van der Waals surface area contributed by atoms with Crippen molar-refractivity contribution in [3.63, 3.8) is 0 Å². The molecule has 10 heteroatoms. The lowest BCUT2D eigenvalue weighted by molar-refractivity contribution is -0.138. The maximum Gasteiger partial charge on any atom is 0.416 e. The standard InChI is InChI=1S/C18H15F4N3O3/c1-24-9-12(10-5-7-11(8-6-10)18(20,21)22)15(17(24)27)16(26)23-14-4-2-3-13(19)25(14)28/h2-8,12,15,28H,9H2,1H3/t12-,15+/m1/s1. The Kier molecular flexibility index (Phi) is 4.97. The van der Waals surface area contributed by atoms with Gasteiger partial charge < -0.3 is 10.1 Å². The molecule has 2 amide bonds. The van der Waals surface area contributed by atoms with Crippen molar-refractivity contribution in [2.24, 2.45) is 10.9 Å². The minimum absolute atomic E-state index is 0.0637. The second kappa shape index (κ2) is 7.10. The van der Waals surface area contributed by atoms with Gasteiger partial charge in [0.05, 0.1) is 5.56 Å². The number of hydrogen-bond donors (Lipinski definition) is 1. The maximum absolute atomic E-state index is 13.4. The van der Waals surface area contributed by atoms with Crippen LogP contribution in [0.1, 0.15) is 17.0 Å². The van der Waals surface area contributed by atoms with Crippen molar-refractivity contribution in [1.82, 2.24) is 9.63 Å². The first kappa shape index (κ1) is 19.6. The Morgan fingerprint density at radius 2 is 1.82 bits per heavy atom. The van der Waals surface area contributed by atoms with Crippen molar-refractivity contribution < 1.29 is 32.4 Å². The Hall–Kier alpha value is -3.17. The fraction of sp³-hybridized carbons (Fsp3) is 0.278. The third-order valence-electron chi connectivity index (χ3n) is 4.57. The van der Waals surface area contributed by atoms with Crippen LogP contribution in [0.15, 0.2) is 47.5 Å². The first-order valence-electron chi connectivity index (χ1n) is 8.17. The lowest BCUT2D eigenvalue weighted by atomic mass is 9.87. The zero-order chi connectivity index (χ0) is 20.6. The van der Waals surface area contributed by atoms with Gasteiger partial charge in [-0.3, -0.25) is 9.59 Å². The van der Waals surface area contributed by atoms with E-state index >= 15 is 0 Å². The number of carbonyl (C=O) groups excluding carboxylic acids is 2. The third kappa shape index (κ3) is 3.62. The molecule has 1 aromatic heterocycles. The monoisotopic (exact) mass is 397 g/mol. The van der Waals surface area contributed by atoms with Crippen molar-refractivity contribution in [1.29, 1.82) is 0 Å². The molecule has 2 atom stereocenters. The summed E-state index contributed by atoms with van der Waals surface area (Å²) in [6, 6.07) is 7.55. The SMILES string of the molecule is CN1C[C@H](c2ccc(C(F)(F)F)cc2)[C@@H](C(=O)N=c2cccc(F)n2O)C1=O. The van der Waals surface area contributed by atoms with E-state index in [1.807, 2.05) is 0 Å². The molecule has 0 spiro atoms. The molecule has 1 N–H and O–H groups in total. The molecule has 0 bridgehead atoms. The molecule has 3 rings (SSSR count). The molecular formula is C18H15F4N3O3. The highest BCUT2D eigenvalue weighted by Crippen LogP contribution is 2.36. The van der Waals surface area contributed by atoms with E-state index in [1.54, 1.807) is 0 Å². The highest BCUT2D eigenvalue weighted by atomic mass is 19.4. The van der Waals surface area contributed by atoms with Crippen LogP contribution in [-0.4, -0.2) is 40.2 Å². The first-order valence-corrected chi connectivity index (χ1v) is 8.17. The van der Waals surface area contributed by atoms with Crippen molar-refractivity contribution in [2.45, 2.75) is 12.1 Å². The molecule has 2 aromatic rings. The predicted octanol–water partition coefficient (Wildman–Crippen LogP) is 2.18. The quantitative estimate of drug-likeness (QED) is 0.365. The van der Waals surface area contributed by atoms with Gasteiger partial charge in [0.25, 0.3) is 5.91 Å². The van der Waals surface area contributed by atoms with Gasteiger partial charge >= 0.3 is 6.18 Å². The van der Waals surface area contributed by atoms with Crippen LogP contribution in [0, 0.1) is 11.9 Å². The van der Waals surface area contributed by atoms with Crippen LogP contribution in [0.2, 0.25) is 0 Å². The topological polar surface area (TPSA) is 74.9 Å². The average Bonchev–Trinajstić information content (AvgIpc) is 2.93. The molecule has 1 saturated heterocycles. The summed E-state index contributed by atoms with van der Waals surface area (Å²) in [5, 5.41) is 9.59. The van der Waals surface area contributed by atoms with E-state index in [2.05, 4.69) is 4.99 Å². The number of likely N-dealkylation sites (N-methyl/N-ethyl adjacent to an activating group) is 1. The van der Waals surface area contributed by atoms with Gasteiger partial charge in [0, 0.05) is 19.5 Å². The Balaban J connectivity index is 1.97. The normalized spacial score (nSPS) is 20.7. The lowest BCUT2D eigenvalue weighted by Gasteiger charge is -2.15. The van der Waals surface area contributed by atoms with Crippen LogP contribution in [0.5, 0.6) is 0 Å². The Labute approximate surface area is 156 Å². The van der Waals surface area contributed by atoms with E-state index in [1.165, 1.54) is 36.2 Å². The Morgan fingerprint density at radius 1 is 1.18 bits per heavy atom. The molecule has 28 heavy (non-hydrogen) atoms. The summed E-state index contributed by atoms with van der Waals surface area (Å²) in [5.41, 5.74) is -0.878. The van der Waals surface area contributed by atoms with Crippen LogP contribution in [0.25, 0.3) is 0 Å². The molecular weight excluding hydrogens is 382 g/mol. The second-order valence-electron chi connectivity index (χ2n) is 6.39. The van der Waals surface area contributed by atoms with Gasteiger partial charge in [-0.05, 0) is 29.8 Å². The average molecular weight is 397 g/mol. The molecule has 0 saturated carbocycles. The fourth-order valence-electron chi connectivity index (χ4n) is 3.13. The van der Waals surface area contributed by atoms with Crippen molar-refractivity contribution in [3.05, 3.63) is 65.0 Å². The van der Waals surface area contributed by atoms with Crippen LogP contribution < -0.4 is 5.49 Å². The number of hydrogen-bond acceptors (Lipinski definition) is 3. The second-order valence-corrected chi connectivity index (χ2v) is 6.39. The highest BCUT2D eigenvalue weighted by Gasteiger charge is 2.44. The molecule has 6 nitrogen and oxygen atoms in total. The van der Waals surface area contributed by atoms with Crippen LogP contribution in [0.3, 0.4) is 0 Å². The molecule has 0 aliphatic carbocycles. The lowest BCUT2D eigenvalue weighted by Crippen LogP contribution is -2.30. The van der Waals surface area contributed by atoms with E-state index in [9.17, 15) is 32.4 Å². The summed E-state index contributed by atoms with van der Waals surface area (Å²) in [5.74, 6) is -4.54. The number of alkyl halides is 3. The zero-order valence-electron chi connectivity index (χ0n) is 14.5. The van der Waals surface area contributed by atoms with E-state index in [0.29, 0.717) is 5.56 Å². The summed E-state index contributed by atoms with van der Waals surface area (Å²) in [6.45, 7) is 0.110. The van der Waals surface area contributed by atoms with Gasteiger partial charge in [-0.15, -0.1) is 4.73 Å². The van der Waals surface area contributed by atoms with E-state index in [0.717, 1.165) is 18.2 Å². The number of pyridine rings is 1. The van der Waals surface area contributed by atoms with Crippen molar-refractivity contribution in [3.8, 4) is 0 Å². The minimum atomic E-state index is -4.50. The molecule has 1 fully saturated rings. The van der Waals surface area contributed by atoms with Crippen molar-refractivity contribution in [2.75, 3.05) is 13.6 Å². The number of carbonyl (C=O) groups is 2. The van der Waals surface area contributed by atoms with Gasteiger partial charge in [-0.25, -0.2) is 0 Å². The van der Waals surface area contributed by atoms with Gasteiger partial charge in [0.2, 0.25) is 11.9 Å². The molecule has 148 valence electrons. The van der Waals surface area contributed by atoms with Crippen LogP contribution in [-0.2, 0) is 15.8 Å². The highest BCUT2D eigenvalue weighted by molar-refractivity contribution is 6.03. The molecule has 1 aliphatic rings. The van der Waals surface area contributed by atoms with E-state index in [4.69, 9.17) is 0 Å². The minimum Gasteiger partial charge on any atom is -0.424 e. The number of amides is 2. The van der Waals surface area contributed by atoms with Gasteiger partial charge in [0.15, 0.2) is 5.49 Å². The van der Waals surface area contributed by atoms with Gasteiger partial charge in [0.1, 0.15) is 5.92 Å². The number of likely N-dealkylation sites (tertiary alicyclic amines) is 1. The van der Waals surface area contributed by atoms with Gasteiger partial charge in [-0.2, -0.15) is 22.6 Å². The number of rotatable bonds is 2.